The molecule has 0 aromatic heterocycles. The van der Waals surface area contributed by atoms with E-state index in [1.165, 1.54) is 16.4 Å². The van der Waals surface area contributed by atoms with Crippen molar-refractivity contribution in [1.29, 1.82) is 0 Å². The number of anilines is 1. The quantitative estimate of drug-likeness (QED) is 0.825. The number of rotatable bonds is 4. The summed E-state index contributed by atoms with van der Waals surface area (Å²) in [6.45, 7) is 3.37. The number of carbonyl (C=O) groups is 1. The lowest BCUT2D eigenvalue weighted by Gasteiger charge is -2.32. The molecule has 0 atom stereocenters. The Kier molecular flexibility index (Phi) is 5.04. The molecule has 2 aliphatic heterocycles. The third-order valence-corrected chi connectivity index (χ3v) is 6.07. The highest BCUT2D eigenvalue weighted by atomic mass is 32.2. The average Bonchev–Trinajstić information content (AvgIpc) is 2.62. The van der Waals surface area contributed by atoms with Gasteiger partial charge in [-0.3, -0.25) is 0 Å². The van der Waals surface area contributed by atoms with E-state index in [4.69, 9.17) is 9.47 Å². The lowest BCUT2D eigenvalue weighted by atomic mass is 10.2. The summed E-state index contributed by atoms with van der Waals surface area (Å²) in [5.41, 5.74) is 0.480. The maximum absolute atomic E-state index is 13.0. The normalized spacial score (nSPS) is 20.1. The minimum absolute atomic E-state index is 0.0335. The maximum atomic E-state index is 13.0. The van der Waals surface area contributed by atoms with Gasteiger partial charge in [-0.15, -0.1) is 0 Å². The topological polar surface area (TPSA) is 96.4 Å². The van der Waals surface area contributed by atoms with E-state index in [0.29, 0.717) is 45.2 Å². The van der Waals surface area contributed by atoms with Crippen molar-refractivity contribution in [3.05, 3.63) is 23.8 Å². The molecular weight excluding hydrogens is 336 g/mol. The van der Waals surface area contributed by atoms with Gasteiger partial charge >= 0.3 is 5.97 Å². The van der Waals surface area contributed by atoms with Crippen LogP contribution in [0.2, 0.25) is 0 Å². The summed E-state index contributed by atoms with van der Waals surface area (Å²) in [5, 5.41) is 9.22. The van der Waals surface area contributed by atoms with Crippen molar-refractivity contribution in [2.24, 2.45) is 0 Å². The number of benzene rings is 1. The molecule has 1 aromatic rings. The fourth-order valence-electron chi connectivity index (χ4n) is 2.85. The number of hydrogen-bond acceptors (Lipinski definition) is 6. The lowest BCUT2D eigenvalue weighted by molar-refractivity contribution is 0.0696. The summed E-state index contributed by atoms with van der Waals surface area (Å²) >= 11 is 0. The van der Waals surface area contributed by atoms with Gasteiger partial charge in [-0.05, 0) is 18.2 Å². The molecule has 2 aliphatic rings. The number of ether oxygens (including phenoxy) is 2. The van der Waals surface area contributed by atoms with Crippen LogP contribution < -0.4 is 4.90 Å². The third kappa shape index (κ3) is 3.39. The third-order valence-electron chi connectivity index (χ3n) is 4.15. The number of morpholine rings is 2. The Labute approximate surface area is 140 Å². The smallest absolute Gasteiger partial charge is 0.335 e. The Bertz CT molecular complexity index is 709. The number of hydrogen-bond donors (Lipinski definition) is 1. The van der Waals surface area contributed by atoms with Crippen molar-refractivity contribution in [3.8, 4) is 0 Å². The van der Waals surface area contributed by atoms with E-state index >= 15 is 0 Å². The van der Waals surface area contributed by atoms with E-state index in [-0.39, 0.29) is 23.5 Å². The number of nitrogens with zero attached hydrogens (tertiary/aromatic N) is 2. The average molecular weight is 356 g/mol. The first kappa shape index (κ1) is 17.2. The Morgan fingerprint density at radius 3 is 2.17 bits per heavy atom. The fraction of sp³-hybridized carbons (Fsp3) is 0.533. The molecule has 8 nitrogen and oxygen atoms in total. The molecule has 2 fully saturated rings. The largest absolute Gasteiger partial charge is 0.478 e. The summed E-state index contributed by atoms with van der Waals surface area (Å²) < 4.78 is 38.0. The highest BCUT2D eigenvalue weighted by Gasteiger charge is 2.31. The Morgan fingerprint density at radius 2 is 1.58 bits per heavy atom. The van der Waals surface area contributed by atoms with E-state index in [0.717, 1.165) is 0 Å². The maximum Gasteiger partial charge on any atom is 0.335 e. The summed E-state index contributed by atoms with van der Waals surface area (Å²) in [7, 11) is -3.79. The standard InChI is InChI=1S/C15H20N2O6S/c18-15(19)12-1-2-13(16-3-7-22-8-4-16)14(11-12)24(20,21)17-5-9-23-10-6-17/h1-2,11H,3-10H2,(H,18,19). The number of aromatic carboxylic acids is 1. The first-order chi connectivity index (χ1) is 11.5. The monoisotopic (exact) mass is 356 g/mol. The zero-order valence-corrected chi connectivity index (χ0v) is 14.0. The summed E-state index contributed by atoms with van der Waals surface area (Å²) in [4.78, 5) is 13.2. The molecule has 0 unspecified atom stereocenters. The van der Waals surface area contributed by atoms with Crippen molar-refractivity contribution in [2.45, 2.75) is 4.90 Å². The van der Waals surface area contributed by atoms with Crippen LogP contribution in [0.1, 0.15) is 10.4 Å². The van der Waals surface area contributed by atoms with Crippen LogP contribution in [0.4, 0.5) is 5.69 Å². The first-order valence-electron chi connectivity index (χ1n) is 7.78. The predicted molar refractivity (Wildman–Crippen MR) is 86.0 cm³/mol. The minimum Gasteiger partial charge on any atom is -0.478 e. The predicted octanol–water partition coefficient (Wildman–Crippen LogP) is 0.242. The van der Waals surface area contributed by atoms with Gasteiger partial charge in [-0.1, -0.05) is 0 Å². The van der Waals surface area contributed by atoms with Crippen molar-refractivity contribution >= 4 is 21.7 Å². The molecule has 132 valence electrons. The molecule has 2 heterocycles. The Hall–Kier alpha value is -1.68. The van der Waals surface area contributed by atoms with Crippen LogP contribution in [0.5, 0.6) is 0 Å². The van der Waals surface area contributed by atoms with Crippen LogP contribution in [0.3, 0.4) is 0 Å². The van der Waals surface area contributed by atoms with Gasteiger partial charge in [0.2, 0.25) is 10.0 Å². The summed E-state index contributed by atoms with van der Waals surface area (Å²) in [5.74, 6) is -1.15. The SMILES string of the molecule is O=C(O)c1ccc(N2CCOCC2)c(S(=O)(=O)N2CCOCC2)c1. The van der Waals surface area contributed by atoms with Crippen LogP contribution in [0.25, 0.3) is 0 Å². The number of carboxylic acids is 1. The zero-order chi connectivity index (χ0) is 17.2. The molecule has 0 aliphatic carbocycles. The van der Waals surface area contributed by atoms with E-state index < -0.39 is 16.0 Å². The second-order valence-corrected chi connectivity index (χ2v) is 7.51. The van der Waals surface area contributed by atoms with Crippen LogP contribution >= 0.6 is 0 Å². The van der Waals surface area contributed by atoms with Crippen LogP contribution in [-0.2, 0) is 19.5 Å². The molecule has 0 saturated carbocycles. The van der Waals surface area contributed by atoms with Gasteiger partial charge in [0.05, 0.1) is 37.7 Å². The molecule has 0 spiro atoms. The lowest BCUT2D eigenvalue weighted by Crippen LogP contribution is -2.42. The zero-order valence-electron chi connectivity index (χ0n) is 13.2. The molecule has 1 N–H and O–H groups in total. The fourth-order valence-corrected chi connectivity index (χ4v) is 4.49. The van der Waals surface area contributed by atoms with Gasteiger partial charge in [0, 0.05) is 26.2 Å². The molecule has 0 bridgehead atoms. The molecule has 3 rings (SSSR count). The Morgan fingerprint density at radius 1 is 1.00 bits per heavy atom. The van der Waals surface area contributed by atoms with Crippen LogP contribution in [-0.4, -0.2) is 76.4 Å². The van der Waals surface area contributed by atoms with E-state index in [2.05, 4.69) is 0 Å². The van der Waals surface area contributed by atoms with Crippen LogP contribution in [0, 0.1) is 0 Å². The minimum atomic E-state index is -3.79. The molecule has 9 heteroatoms. The number of sulfonamides is 1. The molecule has 1 aromatic carbocycles. The molecule has 2 saturated heterocycles. The van der Waals surface area contributed by atoms with Crippen molar-refractivity contribution in [3.63, 3.8) is 0 Å². The van der Waals surface area contributed by atoms with Gasteiger partial charge in [-0.2, -0.15) is 4.31 Å². The summed E-state index contributed by atoms with van der Waals surface area (Å²) in [6, 6.07) is 4.26. The van der Waals surface area contributed by atoms with Gasteiger partial charge in [-0.25, -0.2) is 13.2 Å². The highest BCUT2D eigenvalue weighted by Crippen LogP contribution is 2.30. The molecule has 0 amide bonds. The second-order valence-electron chi connectivity index (χ2n) is 5.60. The van der Waals surface area contributed by atoms with Gasteiger partial charge in [0.25, 0.3) is 0 Å². The second kappa shape index (κ2) is 7.06. The van der Waals surface area contributed by atoms with Gasteiger partial charge in [0.15, 0.2) is 0 Å². The number of carboxylic acid groups (broad SMARTS) is 1. The highest BCUT2D eigenvalue weighted by molar-refractivity contribution is 7.89. The van der Waals surface area contributed by atoms with Crippen molar-refractivity contribution in [1.82, 2.24) is 4.31 Å². The van der Waals surface area contributed by atoms with E-state index in [1.54, 1.807) is 6.07 Å². The van der Waals surface area contributed by atoms with E-state index in [9.17, 15) is 18.3 Å². The van der Waals surface area contributed by atoms with Gasteiger partial charge in [0.1, 0.15) is 4.90 Å². The molecule has 0 radical (unpaired) electrons. The molecule has 24 heavy (non-hydrogen) atoms. The first-order valence-corrected chi connectivity index (χ1v) is 9.22. The van der Waals surface area contributed by atoms with Gasteiger partial charge < -0.3 is 19.5 Å². The van der Waals surface area contributed by atoms with E-state index in [1.807, 2.05) is 4.90 Å². The van der Waals surface area contributed by atoms with Crippen LogP contribution in [0.15, 0.2) is 23.1 Å². The van der Waals surface area contributed by atoms with Crippen molar-refractivity contribution < 1.29 is 27.8 Å². The van der Waals surface area contributed by atoms with Crippen molar-refractivity contribution in [2.75, 3.05) is 57.5 Å². The Balaban J connectivity index is 2.04. The summed E-state index contributed by atoms with van der Waals surface area (Å²) in [6.07, 6.45) is 0. The molecular formula is C15H20N2O6S.